The van der Waals surface area contributed by atoms with Crippen LogP contribution in [0.1, 0.15) is 24.2 Å². The summed E-state index contributed by atoms with van der Waals surface area (Å²) in [5.74, 6) is 0.928. The highest BCUT2D eigenvalue weighted by Crippen LogP contribution is 2.19. The SMILES string of the molecule is C[C@@H]1CN(c2ccc(C(=O)N3CCN(CCO)CC3)cn2)C[C@H](C)O1. The highest BCUT2D eigenvalue weighted by atomic mass is 16.5. The van der Waals surface area contributed by atoms with Gasteiger partial charge in [0.2, 0.25) is 0 Å². The molecule has 1 aromatic rings. The molecule has 3 heterocycles. The molecule has 2 atom stereocenters. The molecule has 1 N–H and O–H groups in total. The van der Waals surface area contributed by atoms with Gasteiger partial charge in [0.15, 0.2) is 0 Å². The monoisotopic (exact) mass is 348 g/mol. The number of ether oxygens (including phenoxy) is 1. The van der Waals surface area contributed by atoms with Crippen LogP contribution in [0, 0.1) is 0 Å². The predicted octanol–water partition coefficient (Wildman–Crippen LogP) is 0.445. The maximum atomic E-state index is 12.6. The van der Waals surface area contributed by atoms with Gasteiger partial charge in [-0.25, -0.2) is 4.98 Å². The van der Waals surface area contributed by atoms with Crippen LogP contribution in [0.15, 0.2) is 18.3 Å². The van der Waals surface area contributed by atoms with Crippen LogP contribution in [-0.2, 0) is 4.74 Å². The van der Waals surface area contributed by atoms with Gasteiger partial charge in [-0.05, 0) is 26.0 Å². The van der Waals surface area contributed by atoms with E-state index in [4.69, 9.17) is 9.84 Å². The number of aliphatic hydroxyl groups is 1. The summed E-state index contributed by atoms with van der Waals surface area (Å²) in [5, 5.41) is 9.00. The molecule has 1 amide bonds. The summed E-state index contributed by atoms with van der Waals surface area (Å²) in [5.41, 5.74) is 0.633. The van der Waals surface area contributed by atoms with Crippen LogP contribution >= 0.6 is 0 Å². The molecule has 0 radical (unpaired) electrons. The average molecular weight is 348 g/mol. The zero-order valence-corrected chi connectivity index (χ0v) is 15.1. The van der Waals surface area contributed by atoms with E-state index in [-0.39, 0.29) is 24.7 Å². The summed E-state index contributed by atoms with van der Waals surface area (Å²) in [4.78, 5) is 23.4. The molecule has 0 unspecified atom stereocenters. The average Bonchev–Trinajstić information content (AvgIpc) is 2.61. The minimum Gasteiger partial charge on any atom is -0.395 e. The van der Waals surface area contributed by atoms with Gasteiger partial charge in [-0.1, -0.05) is 0 Å². The fraction of sp³-hybridized carbons (Fsp3) is 0.667. The Morgan fingerprint density at radius 1 is 1.20 bits per heavy atom. The summed E-state index contributed by atoms with van der Waals surface area (Å²) in [7, 11) is 0. The molecule has 2 aliphatic rings. The molecule has 0 saturated carbocycles. The number of piperazine rings is 1. The number of β-amino-alcohol motifs (C(OH)–C–C–N with tert-alkyl or cyclic N) is 1. The van der Waals surface area contributed by atoms with Crippen LogP contribution in [-0.4, -0.2) is 90.4 Å². The van der Waals surface area contributed by atoms with Crippen LogP contribution in [0.3, 0.4) is 0 Å². The first kappa shape index (κ1) is 18.1. The lowest BCUT2D eigenvalue weighted by molar-refractivity contribution is -0.00546. The normalized spacial score (nSPS) is 25.2. The largest absolute Gasteiger partial charge is 0.395 e. The zero-order chi connectivity index (χ0) is 17.8. The van der Waals surface area contributed by atoms with Crippen LogP contribution in [0.2, 0.25) is 0 Å². The molecule has 7 heteroatoms. The second-order valence-corrected chi connectivity index (χ2v) is 6.92. The van der Waals surface area contributed by atoms with Crippen molar-refractivity contribution in [1.82, 2.24) is 14.8 Å². The minimum atomic E-state index is 0.0337. The van der Waals surface area contributed by atoms with Crippen molar-refractivity contribution in [3.8, 4) is 0 Å². The molecule has 138 valence electrons. The van der Waals surface area contributed by atoms with Crippen molar-refractivity contribution in [3.63, 3.8) is 0 Å². The number of morpholine rings is 1. The third kappa shape index (κ3) is 4.48. The lowest BCUT2D eigenvalue weighted by Gasteiger charge is -2.36. The highest BCUT2D eigenvalue weighted by molar-refractivity contribution is 5.94. The summed E-state index contributed by atoms with van der Waals surface area (Å²) in [6, 6.07) is 3.80. The Morgan fingerprint density at radius 3 is 2.44 bits per heavy atom. The topological polar surface area (TPSA) is 69.1 Å². The van der Waals surface area contributed by atoms with E-state index in [2.05, 4.69) is 28.6 Å². The molecule has 2 aliphatic heterocycles. The van der Waals surface area contributed by atoms with Gasteiger partial charge >= 0.3 is 0 Å². The number of pyridine rings is 1. The maximum absolute atomic E-state index is 12.6. The number of carbonyl (C=O) groups is 1. The smallest absolute Gasteiger partial charge is 0.255 e. The molecule has 7 nitrogen and oxygen atoms in total. The number of hydrogen-bond donors (Lipinski definition) is 1. The first-order chi connectivity index (χ1) is 12.1. The quantitative estimate of drug-likeness (QED) is 0.852. The van der Waals surface area contributed by atoms with E-state index in [9.17, 15) is 4.79 Å². The number of anilines is 1. The Kier molecular flexibility index (Phi) is 5.88. The molecular formula is C18H28N4O3. The fourth-order valence-corrected chi connectivity index (χ4v) is 3.56. The highest BCUT2D eigenvalue weighted by Gasteiger charge is 2.25. The number of amides is 1. The number of nitrogens with zero attached hydrogens (tertiary/aromatic N) is 4. The number of rotatable bonds is 4. The Labute approximate surface area is 149 Å². The third-order valence-corrected chi connectivity index (χ3v) is 4.81. The second kappa shape index (κ2) is 8.12. The Morgan fingerprint density at radius 2 is 1.88 bits per heavy atom. The van der Waals surface area contributed by atoms with Gasteiger partial charge in [0.1, 0.15) is 5.82 Å². The van der Waals surface area contributed by atoms with Crippen molar-refractivity contribution in [1.29, 1.82) is 0 Å². The van der Waals surface area contributed by atoms with Gasteiger partial charge in [-0.2, -0.15) is 0 Å². The molecule has 2 saturated heterocycles. The first-order valence-corrected chi connectivity index (χ1v) is 9.05. The Hall–Kier alpha value is -1.70. The van der Waals surface area contributed by atoms with E-state index < -0.39 is 0 Å². The van der Waals surface area contributed by atoms with Crippen molar-refractivity contribution in [3.05, 3.63) is 23.9 Å². The molecule has 0 aliphatic carbocycles. The predicted molar refractivity (Wildman–Crippen MR) is 95.9 cm³/mol. The van der Waals surface area contributed by atoms with Crippen molar-refractivity contribution < 1.29 is 14.6 Å². The number of aliphatic hydroxyl groups excluding tert-OH is 1. The first-order valence-electron chi connectivity index (χ1n) is 9.05. The maximum Gasteiger partial charge on any atom is 0.255 e. The minimum absolute atomic E-state index is 0.0337. The lowest BCUT2D eigenvalue weighted by Crippen LogP contribution is -2.49. The van der Waals surface area contributed by atoms with E-state index in [1.807, 2.05) is 17.0 Å². The Bertz CT molecular complexity index is 562. The number of aromatic nitrogens is 1. The van der Waals surface area contributed by atoms with Gasteiger partial charge < -0.3 is 19.6 Å². The number of carbonyl (C=O) groups excluding carboxylic acids is 1. The van der Waals surface area contributed by atoms with Gasteiger partial charge in [-0.3, -0.25) is 9.69 Å². The fourth-order valence-electron chi connectivity index (χ4n) is 3.56. The second-order valence-electron chi connectivity index (χ2n) is 6.92. The van der Waals surface area contributed by atoms with Crippen molar-refractivity contribution >= 4 is 11.7 Å². The van der Waals surface area contributed by atoms with Crippen molar-refractivity contribution in [2.24, 2.45) is 0 Å². The van der Waals surface area contributed by atoms with Gasteiger partial charge in [0, 0.05) is 52.0 Å². The molecule has 0 bridgehead atoms. The molecule has 2 fully saturated rings. The zero-order valence-electron chi connectivity index (χ0n) is 15.1. The van der Waals surface area contributed by atoms with Gasteiger partial charge in [0.25, 0.3) is 5.91 Å². The molecule has 0 spiro atoms. The molecule has 0 aromatic carbocycles. The van der Waals surface area contributed by atoms with Gasteiger partial charge in [0.05, 0.1) is 24.4 Å². The van der Waals surface area contributed by atoms with Crippen LogP contribution in [0.25, 0.3) is 0 Å². The third-order valence-electron chi connectivity index (χ3n) is 4.81. The number of hydrogen-bond acceptors (Lipinski definition) is 6. The summed E-state index contributed by atoms with van der Waals surface area (Å²) < 4.78 is 5.76. The van der Waals surface area contributed by atoms with Crippen molar-refractivity contribution in [2.75, 3.05) is 57.3 Å². The van der Waals surface area contributed by atoms with E-state index in [0.717, 1.165) is 32.0 Å². The molecule has 1 aromatic heterocycles. The van der Waals surface area contributed by atoms with E-state index in [1.165, 1.54) is 0 Å². The van der Waals surface area contributed by atoms with Gasteiger partial charge in [-0.15, -0.1) is 0 Å². The van der Waals surface area contributed by atoms with E-state index in [0.29, 0.717) is 25.2 Å². The molecule has 3 rings (SSSR count). The molecular weight excluding hydrogens is 320 g/mol. The molecule has 25 heavy (non-hydrogen) atoms. The van der Waals surface area contributed by atoms with Crippen molar-refractivity contribution in [2.45, 2.75) is 26.1 Å². The van der Waals surface area contributed by atoms with Crippen LogP contribution in [0.5, 0.6) is 0 Å². The summed E-state index contributed by atoms with van der Waals surface area (Å²) in [6.07, 6.45) is 2.05. The van der Waals surface area contributed by atoms with Crippen LogP contribution in [0.4, 0.5) is 5.82 Å². The van der Waals surface area contributed by atoms with Crippen LogP contribution < -0.4 is 4.90 Å². The van der Waals surface area contributed by atoms with E-state index >= 15 is 0 Å². The Balaban J connectivity index is 1.59. The summed E-state index contributed by atoms with van der Waals surface area (Å²) >= 11 is 0. The summed E-state index contributed by atoms with van der Waals surface area (Å²) in [6.45, 7) is 9.61. The standard InChI is InChI=1S/C18H28N4O3/c1-14-12-22(13-15(2)25-14)17-4-3-16(11-19-17)18(24)21-7-5-20(6-8-21)9-10-23/h3-4,11,14-15,23H,5-10,12-13H2,1-2H3/t14-,15+. The lowest BCUT2D eigenvalue weighted by atomic mass is 10.2. The van der Waals surface area contributed by atoms with E-state index in [1.54, 1.807) is 6.20 Å².